The van der Waals surface area contributed by atoms with Crippen molar-refractivity contribution in [3.63, 3.8) is 0 Å². The van der Waals surface area contributed by atoms with Crippen LogP contribution in [0.4, 0.5) is 0 Å². The summed E-state index contributed by atoms with van der Waals surface area (Å²) >= 11 is 0. The fraction of sp³-hybridized carbons (Fsp3) is 0.650. The second-order valence-corrected chi connectivity index (χ2v) is 8.37. The average molecular weight is 296 g/mol. The van der Waals surface area contributed by atoms with Crippen LogP contribution in [0.1, 0.15) is 67.9 Å². The van der Waals surface area contributed by atoms with Gasteiger partial charge in [0.25, 0.3) is 0 Å². The number of hydrogen-bond donors (Lipinski definition) is 0. The van der Waals surface area contributed by atoms with Gasteiger partial charge < -0.3 is 4.74 Å². The van der Waals surface area contributed by atoms with Crippen LogP contribution in [0.2, 0.25) is 0 Å². The molecule has 22 heavy (non-hydrogen) atoms. The van der Waals surface area contributed by atoms with Crippen LogP contribution in [0.25, 0.3) is 0 Å². The fourth-order valence-corrected chi connectivity index (χ4v) is 6.56. The van der Waals surface area contributed by atoms with Crippen LogP contribution in [-0.4, -0.2) is 11.9 Å². The molecule has 0 radical (unpaired) electrons. The van der Waals surface area contributed by atoms with Gasteiger partial charge in [-0.1, -0.05) is 13.8 Å². The highest BCUT2D eigenvalue weighted by Crippen LogP contribution is 2.84. The quantitative estimate of drug-likeness (QED) is 0.761. The summed E-state index contributed by atoms with van der Waals surface area (Å²) in [5.41, 5.74) is 4.16. The Hall–Kier alpha value is -1.31. The Labute approximate surface area is 132 Å². The molecule has 0 aromatic heterocycles. The molecule has 1 aliphatic heterocycles. The first-order valence-corrected chi connectivity index (χ1v) is 8.87. The molecule has 5 unspecified atom stereocenters. The van der Waals surface area contributed by atoms with Crippen molar-refractivity contribution in [1.82, 2.24) is 0 Å². The summed E-state index contributed by atoms with van der Waals surface area (Å²) in [5, 5.41) is 0. The molecule has 1 aromatic rings. The molecule has 3 aliphatic carbocycles. The maximum atomic E-state index is 12.0. The predicted octanol–water partition coefficient (Wildman–Crippen LogP) is 4.29. The van der Waals surface area contributed by atoms with Gasteiger partial charge in [0.1, 0.15) is 11.9 Å². The number of aryl methyl sites for hydroxylation is 1. The zero-order valence-electron chi connectivity index (χ0n) is 13.7. The number of ketones is 1. The van der Waals surface area contributed by atoms with E-state index in [1.807, 2.05) is 0 Å². The molecule has 1 aromatic carbocycles. The largest absolute Gasteiger partial charge is 0.488 e. The van der Waals surface area contributed by atoms with Gasteiger partial charge in [0.15, 0.2) is 5.78 Å². The molecular formula is C20H24O2. The lowest BCUT2D eigenvalue weighted by molar-refractivity contribution is 0.101. The topological polar surface area (TPSA) is 26.3 Å². The molecule has 116 valence electrons. The highest BCUT2D eigenvalue weighted by molar-refractivity contribution is 5.95. The Morgan fingerprint density at radius 1 is 1.32 bits per heavy atom. The molecule has 1 heterocycles. The van der Waals surface area contributed by atoms with Crippen LogP contribution >= 0.6 is 0 Å². The molecule has 3 saturated carbocycles. The zero-order chi connectivity index (χ0) is 15.3. The van der Waals surface area contributed by atoms with Crippen molar-refractivity contribution in [1.29, 1.82) is 0 Å². The second-order valence-electron chi connectivity index (χ2n) is 8.37. The number of fused-ring (bicyclic) bond motifs is 2. The lowest BCUT2D eigenvalue weighted by Gasteiger charge is -2.31. The van der Waals surface area contributed by atoms with E-state index in [1.54, 1.807) is 6.92 Å². The van der Waals surface area contributed by atoms with Crippen molar-refractivity contribution in [2.45, 2.75) is 64.4 Å². The molecule has 4 aliphatic rings. The van der Waals surface area contributed by atoms with Crippen molar-refractivity contribution in [3.8, 4) is 5.75 Å². The van der Waals surface area contributed by atoms with Crippen LogP contribution in [0, 0.1) is 17.3 Å². The van der Waals surface area contributed by atoms with E-state index >= 15 is 0 Å². The molecule has 2 heteroatoms. The minimum Gasteiger partial charge on any atom is -0.488 e. The number of carbonyl (C=O) groups is 1. The minimum atomic E-state index is 0.182. The van der Waals surface area contributed by atoms with Gasteiger partial charge in [-0.2, -0.15) is 0 Å². The Balaban J connectivity index is 1.69. The van der Waals surface area contributed by atoms with Crippen LogP contribution in [0.3, 0.4) is 0 Å². The normalized spacial score (nSPS) is 43.1. The smallest absolute Gasteiger partial charge is 0.159 e. The highest BCUT2D eigenvalue weighted by Gasteiger charge is 2.86. The molecule has 0 amide bonds. The number of Topliss-reactive ketones (excluding diaryl/α,β-unsaturated/α-hetero) is 1. The Kier molecular flexibility index (Phi) is 2.26. The van der Waals surface area contributed by atoms with Gasteiger partial charge in [0.05, 0.1) is 0 Å². The monoisotopic (exact) mass is 296 g/mol. The van der Waals surface area contributed by atoms with Crippen molar-refractivity contribution in [2.24, 2.45) is 17.3 Å². The third-order valence-electron chi connectivity index (χ3n) is 7.14. The lowest BCUT2D eigenvalue weighted by atomic mass is 9.76. The van der Waals surface area contributed by atoms with Gasteiger partial charge >= 0.3 is 0 Å². The summed E-state index contributed by atoms with van der Waals surface area (Å²) in [7, 11) is 0. The number of carbonyl (C=O) groups excluding carboxylic acids is 1. The van der Waals surface area contributed by atoms with Crippen LogP contribution in [-0.2, 0) is 11.8 Å². The van der Waals surface area contributed by atoms with Crippen molar-refractivity contribution in [3.05, 3.63) is 28.8 Å². The van der Waals surface area contributed by atoms with Crippen LogP contribution in [0.15, 0.2) is 12.1 Å². The lowest BCUT2D eigenvalue weighted by Crippen LogP contribution is -2.24. The van der Waals surface area contributed by atoms with Gasteiger partial charge in [0, 0.05) is 22.0 Å². The summed E-state index contributed by atoms with van der Waals surface area (Å²) in [6.07, 6.45) is 6.70. The highest BCUT2D eigenvalue weighted by atomic mass is 16.5. The fourth-order valence-electron chi connectivity index (χ4n) is 6.56. The molecule has 5 rings (SSSR count). The summed E-state index contributed by atoms with van der Waals surface area (Å²) in [6.45, 7) is 6.25. The van der Waals surface area contributed by atoms with Crippen LogP contribution in [0.5, 0.6) is 5.75 Å². The Bertz CT molecular complexity index is 706. The number of hydrogen-bond acceptors (Lipinski definition) is 2. The van der Waals surface area contributed by atoms with E-state index in [0.717, 1.165) is 29.6 Å². The maximum Gasteiger partial charge on any atom is 0.159 e. The van der Waals surface area contributed by atoms with Gasteiger partial charge in [-0.3, -0.25) is 4.79 Å². The first kappa shape index (κ1) is 13.2. The molecule has 0 N–H and O–H groups in total. The van der Waals surface area contributed by atoms with Crippen LogP contribution < -0.4 is 4.74 Å². The average Bonchev–Trinajstić information content (AvgIpc) is 2.77. The summed E-state index contributed by atoms with van der Waals surface area (Å²) in [6, 6.07) is 4.23. The van der Waals surface area contributed by atoms with E-state index in [0.29, 0.717) is 11.5 Å². The van der Waals surface area contributed by atoms with E-state index < -0.39 is 0 Å². The standard InChI is InChI=1S/C20H24O2/c1-4-14-6-15(12(3)21)7-16-17(14)22-18-19-8-11(2)5-13(9-19)10-20(16,18)19/h6-7,11,13,18H,4-5,8-10H2,1-3H3. The molecule has 2 nitrogen and oxygen atoms in total. The van der Waals surface area contributed by atoms with Crippen molar-refractivity contribution in [2.75, 3.05) is 0 Å². The van der Waals surface area contributed by atoms with Crippen molar-refractivity contribution >= 4 is 5.78 Å². The number of rotatable bonds is 2. The van der Waals surface area contributed by atoms with Gasteiger partial charge in [-0.05, 0) is 68.6 Å². The second kappa shape index (κ2) is 3.77. The Morgan fingerprint density at radius 3 is 2.86 bits per heavy atom. The minimum absolute atomic E-state index is 0.182. The molecule has 5 atom stereocenters. The zero-order valence-corrected chi connectivity index (χ0v) is 13.7. The molecular weight excluding hydrogens is 272 g/mol. The molecule has 2 spiro atoms. The first-order valence-electron chi connectivity index (χ1n) is 8.87. The third-order valence-corrected chi connectivity index (χ3v) is 7.14. The van der Waals surface area contributed by atoms with E-state index in [9.17, 15) is 4.79 Å². The summed E-state index contributed by atoms with van der Waals surface area (Å²) < 4.78 is 6.51. The van der Waals surface area contributed by atoms with Crippen molar-refractivity contribution < 1.29 is 9.53 Å². The van der Waals surface area contributed by atoms with Gasteiger partial charge in [-0.25, -0.2) is 0 Å². The first-order chi connectivity index (χ1) is 10.5. The van der Waals surface area contributed by atoms with E-state index in [1.165, 1.54) is 36.8 Å². The van der Waals surface area contributed by atoms with Gasteiger partial charge in [0.2, 0.25) is 0 Å². The molecule has 3 fully saturated rings. The van der Waals surface area contributed by atoms with Gasteiger partial charge in [-0.15, -0.1) is 0 Å². The van der Waals surface area contributed by atoms with E-state index in [-0.39, 0.29) is 11.2 Å². The maximum absolute atomic E-state index is 12.0. The van der Waals surface area contributed by atoms with E-state index in [4.69, 9.17) is 4.74 Å². The third kappa shape index (κ3) is 1.24. The number of benzene rings is 1. The SMILES string of the molecule is CCc1cc(C(C)=O)cc2c1OC1C34CC(C)CC(C3)CC214. The summed E-state index contributed by atoms with van der Waals surface area (Å²) in [4.78, 5) is 12.0. The number of ether oxygens (including phenoxy) is 1. The molecule has 0 saturated heterocycles. The van der Waals surface area contributed by atoms with E-state index in [2.05, 4.69) is 26.0 Å². The molecule has 2 bridgehead atoms. The predicted molar refractivity (Wildman–Crippen MR) is 85.5 cm³/mol. The Morgan fingerprint density at radius 2 is 2.14 bits per heavy atom. The summed E-state index contributed by atoms with van der Waals surface area (Å²) in [5.74, 6) is 3.02.